The van der Waals surface area contributed by atoms with Gasteiger partial charge in [-0.3, -0.25) is 13.9 Å². The zero-order valence-corrected chi connectivity index (χ0v) is 15.0. The summed E-state index contributed by atoms with van der Waals surface area (Å²) in [5.41, 5.74) is 2.27. The largest absolute Gasteiger partial charge is 0.348 e. The van der Waals surface area contributed by atoms with Crippen molar-refractivity contribution in [2.75, 3.05) is 0 Å². The second-order valence-electron chi connectivity index (χ2n) is 5.91. The van der Waals surface area contributed by atoms with Gasteiger partial charge in [-0.1, -0.05) is 41.9 Å². The molecule has 25 heavy (non-hydrogen) atoms. The van der Waals surface area contributed by atoms with E-state index in [1.54, 1.807) is 10.6 Å². The minimum Gasteiger partial charge on any atom is -0.348 e. The Morgan fingerprint density at radius 3 is 2.32 bits per heavy atom. The molecule has 0 fully saturated rings. The van der Waals surface area contributed by atoms with Crippen LogP contribution >= 0.6 is 11.6 Å². The number of aryl methyl sites for hydroxylation is 1. The number of amides is 1. The number of carbonyl (C=O) groups excluding carboxylic acids is 1. The van der Waals surface area contributed by atoms with Crippen LogP contribution < -0.4 is 11.0 Å². The van der Waals surface area contributed by atoms with Crippen molar-refractivity contribution in [3.63, 3.8) is 0 Å². The highest BCUT2D eigenvalue weighted by Gasteiger charge is 2.17. The van der Waals surface area contributed by atoms with Gasteiger partial charge in [0.1, 0.15) is 6.54 Å². The van der Waals surface area contributed by atoms with Crippen LogP contribution in [-0.2, 0) is 17.9 Å². The Balaban J connectivity index is 1.85. The zero-order chi connectivity index (χ0) is 18.0. The number of rotatable bonds is 5. The Morgan fingerprint density at radius 2 is 1.68 bits per heavy atom. The lowest BCUT2D eigenvalue weighted by Crippen LogP contribution is -2.34. The van der Waals surface area contributed by atoms with E-state index in [2.05, 4.69) is 5.32 Å². The number of carbonyl (C=O) groups is 1. The van der Waals surface area contributed by atoms with Gasteiger partial charge in [-0.05, 0) is 37.6 Å². The summed E-state index contributed by atoms with van der Waals surface area (Å²) in [6.45, 7) is 4.32. The lowest BCUT2D eigenvalue weighted by molar-refractivity contribution is -0.122. The van der Waals surface area contributed by atoms with E-state index in [0.717, 1.165) is 16.6 Å². The van der Waals surface area contributed by atoms with Crippen molar-refractivity contribution < 1.29 is 4.79 Å². The highest BCUT2D eigenvalue weighted by molar-refractivity contribution is 6.31. The van der Waals surface area contributed by atoms with E-state index in [-0.39, 0.29) is 24.2 Å². The number of para-hydroxylation sites is 2. The van der Waals surface area contributed by atoms with Crippen LogP contribution in [0.1, 0.15) is 25.5 Å². The van der Waals surface area contributed by atoms with Gasteiger partial charge in [-0.25, -0.2) is 4.79 Å². The van der Waals surface area contributed by atoms with Crippen LogP contribution in [0.2, 0.25) is 5.02 Å². The first-order chi connectivity index (χ1) is 12.0. The minimum atomic E-state index is -0.239. The molecule has 2 aromatic carbocycles. The highest BCUT2D eigenvalue weighted by Crippen LogP contribution is 2.22. The van der Waals surface area contributed by atoms with Crippen molar-refractivity contribution in [3.05, 3.63) is 69.6 Å². The van der Waals surface area contributed by atoms with Crippen molar-refractivity contribution in [1.82, 2.24) is 14.5 Å². The van der Waals surface area contributed by atoms with Gasteiger partial charge in [-0.15, -0.1) is 0 Å². The summed E-state index contributed by atoms with van der Waals surface area (Å²) in [6.07, 6.45) is 0. The number of hydrogen-bond donors (Lipinski definition) is 1. The summed E-state index contributed by atoms with van der Waals surface area (Å²) in [5.74, 6) is -0.228. The van der Waals surface area contributed by atoms with E-state index in [0.29, 0.717) is 11.6 Å². The van der Waals surface area contributed by atoms with Crippen molar-refractivity contribution in [1.29, 1.82) is 0 Å². The van der Waals surface area contributed by atoms with Gasteiger partial charge < -0.3 is 5.32 Å². The fourth-order valence-electron chi connectivity index (χ4n) is 3.07. The lowest BCUT2D eigenvalue weighted by Gasteiger charge is -2.16. The molecule has 0 unspecified atom stereocenters. The first kappa shape index (κ1) is 17.3. The molecule has 1 atom stereocenters. The number of fused-ring (bicyclic) bond motifs is 1. The summed E-state index contributed by atoms with van der Waals surface area (Å²) < 4.78 is 3.17. The third-order valence-corrected chi connectivity index (χ3v) is 4.64. The van der Waals surface area contributed by atoms with Crippen LogP contribution in [0.4, 0.5) is 0 Å². The lowest BCUT2D eigenvalue weighted by atomic mass is 10.1. The van der Waals surface area contributed by atoms with Crippen molar-refractivity contribution in [2.24, 2.45) is 0 Å². The molecule has 0 aliphatic rings. The molecule has 0 radical (unpaired) electrons. The number of hydrogen-bond acceptors (Lipinski definition) is 2. The SMILES string of the molecule is CCn1c(=O)n(CC(=O)N[C@H](C)c2ccccc2Cl)c2ccccc21. The molecule has 0 saturated heterocycles. The van der Waals surface area contributed by atoms with E-state index in [4.69, 9.17) is 11.6 Å². The molecule has 0 saturated carbocycles. The molecule has 1 amide bonds. The van der Waals surface area contributed by atoms with Gasteiger partial charge in [0, 0.05) is 11.6 Å². The quantitative estimate of drug-likeness (QED) is 0.761. The number of nitrogens with one attached hydrogen (secondary N) is 1. The van der Waals surface area contributed by atoms with Crippen LogP contribution in [0.15, 0.2) is 53.3 Å². The van der Waals surface area contributed by atoms with E-state index in [9.17, 15) is 9.59 Å². The van der Waals surface area contributed by atoms with E-state index in [1.807, 2.05) is 56.3 Å². The first-order valence-electron chi connectivity index (χ1n) is 8.24. The van der Waals surface area contributed by atoms with Gasteiger partial charge in [0.15, 0.2) is 0 Å². The predicted octanol–water partition coefficient (Wildman–Crippen LogP) is 3.35. The maximum Gasteiger partial charge on any atom is 0.329 e. The fourth-order valence-corrected chi connectivity index (χ4v) is 3.37. The van der Waals surface area contributed by atoms with Crippen molar-refractivity contribution in [2.45, 2.75) is 33.0 Å². The molecule has 0 bridgehead atoms. The monoisotopic (exact) mass is 357 g/mol. The molecule has 3 aromatic rings. The Hall–Kier alpha value is -2.53. The normalized spacial score (nSPS) is 12.3. The summed E-state index contributed by atoms with van der Waals surface area (Å²) >= 11 is 6.18. The number of nitrogens with zero attached hydrogens (tertiary/aromatic N) is 2. The third-order valence-electron chi connectivity index (χ3n) is 4.29. The topological polar surface area (TPSA) is 56.0 Å². The molecule has 5 nitrogen and oxygen atoms in total. The van der Waals surface area contributed by atoms with Crippen LogP contribution in [0.25, 0.3) is 11.0 Å². The van der Waals surface area contributed by atoms with Gasteiger partial charge in [0.25, 0.3) is 0 Å². The van der Waals surface area contributed by atoms with Crippen LogP contribution in [0.5, 0.6) is 0 Å². The molecule has 130 valence electrons. The second-order valence-corrected chi connectivity index (χ2v) is 6.32. The van der Waals surface area contributed by atoms with Crippen LogP contribution in [0, 0.1) is 0 Å². The minimum absolute atomic E-state index is 0.0266. The molecule has 1 N–H and O–H groups in total. The van der Waals surface area contributed by atoms with Gasteiger partial charge >= 0.3 is 5.69 Å². The Labute approximate surface area is 150 Å². The van der Waals surface area contributed by atoms with Crippen molar-refractivity contribution in [3.8, 4) is 0 Å². The van der Waals surface area contributed by atoms with E-state index in [1.165, 1.54) is 4.57 Å². The average molecular weight is 358 g/mol. The smallest absolute Gasteiger partial charge is 0.329 e. The third kappa shape index (κ3) is 3.33. The Morgan fingerprint density at radius 1 is 1.08 bits per heavy atom. The second kappa shape index (κ2) is 7.15. The Bertz CT molecular complexity index is 974. The maximum atomic E-state index is 12.6. The summed E-state index contributed by atoms with van der Waals surface area (Å²) in [4.78, 5) is 25.1. The zero-order valence-electron chi connectivity index (χ0n) is 14.2. The summed E-state index contributed by atoms with van der Waals surface area (Å²) in [7, 11) is 0. The van der Waals surface area contributed by atoms with Crippen LogP contribution in [-0.4, -0.2) is 15.0 Å². The van der Waals surface area contributed by atoms with E-state index >= 15 is 0 Å². The highest BCUT2D eigenvalue weighted by atomic mass is 35.5. The predicted molar refractivity (Wildman–Crippen MR) is 99.9 cm³/mol. The van der Waals surface area contributed by atoms with Crippen molar-refractivity contribution >= 4 is 28.5 Å². The summed E-state index contributed by atoms with van der Waals surface area (Å²) in [5, 5.41) is 3.52. The molecular weight excluding hydrogens is 338 g/mol. The standard InChI is InChI=1S/C19H20ClN3O2/c1-3-22-16-10-6-7-11-17(16)23(19(22)25)12-18(24)21-13(2)14-8-4-5-9-15(14)20/h4-11,13H,3,12H2,1-2H3,(H,21,24)/t13-/m1/s1. The number of imidazole rings is 1. The van der Waals surface area contributed by atoms with Gasteiger partial charge in [0.05, 0.1) is 17.1 Å². The number of halogens is 1. The summed E-state index contributed by atoms with van der Waals surface area (Å²) in [6, 6.07) is 14.6. The average Bonchev–Trinajstić information content (AvgIpc) is 2.86. The Kier molecular flexibility index (Phi) is 4.95. The molecular formula is C19H20ClN3O2. The number of aromatic nitrogens is 2. The van der Waals surface area contributed by atoms with Gasteiger partial charge in [-0.2, -0.15) is 0 Å². The fraction of sp³-hybridized carbons (Fsp3) is 0.263. The first-order valence-corrected chi connectivity index (χ1v) is 8.62. The van der Waals surface area contributed by atoms with E-state index < -0.39 is 0 Å². The molecule has 6 heteroatoms. The maximum absolute atomic E-state index is 12.6. The molecule has 0 aliphatic carbocycles. The number of benzene rings is 2. The molecule has 1 aromatic heterocycles. The molecule has 0 spiro atoms. The molecule has 1 heterocycles. The van der Waals surface area contributed by atoms with Gasteiger partial charge in [0.2, 0.25) is 5.91 Å². The molecule has 3 rings (SSSR count). The molecule has 0 aliphatic heterocycles. The van der Waals surface area contributed by atoms with Crippen LogP contribution in [0.3, 0.4) is 0 Å².